The molecule has 1 atom stereocenters. The average molecular weight is 222 g/mol. The van der Waals surface area contributed by atoms with Gasteiger partial charge in [0.05, 0.1) is 6.61 Å². The summed E-state index contributed by atoms with van der Waals surface area (Å²) in [6.07, 6.45) is -0.411. The Balaban J connectivity index is 3.96. The van der Waals surface area contributed by atoms with Crippen LogP contribution in [0.2, 0.25) is 0 Å². The molecule has 0 aromatic rings. The van der Waals surface area contributed by atoms with Crippen LogP contribution in [0, 0.1) is 0 Å². The van der Waals surface area contributed by atoms with Gasteiger partial charge in [0.25, 0.3) is 0 Å². The summed E-state index contributed by atoms with van der Waals surface area (Å²) in [5, 5.41) is 0. The summed E-state index contributed by atoms with van der Waals surface area (Å²) in [6, 6.07) is -1.54. The molecule has 4 nitrogen and oxygen atoms in total. The highest BCUT2D eigenvalue weighted by atomic mass is 19.2. The summed E-state index contributed by atoms with van der Waals surface area (Å²) in [6.45, 7) is 2.86. The molecule has 86 valence electrons. The van der Waals surface area contributed by atoms with E-state index in [1.165, 1.54) is 0 Å². The highest BCUT2D eigenvalue weighted by molar-refractivity contribution is 6.44. The number of carbonyl (C=O) groups is 2. The molecule has 15 heavy (non-hydrogen) atoms. The Morgan fingerprint density at radius 3 is 2.40 bits per heavy atom. The zero-order chi connectivity index (χ0) is 11.8. The lowest BCUT2D eigenvalue weighted by atomic mass is 9.85. The monoisotopic (exact) mass is 222 g/mol. The molecule has 7 heteroatoms. The number of carbonyl (C=O) groups excluding carboxylic acids is 2. The third kappa shape index (κ3) is 6.87. The molecule has 0 saturated heterocycles. The molecule has 0 aliphatic heterocycles. The molecule has 0 aliphatic rings. The van der Waals surface area contributed by atoms with Crippen LogP contribution >= 0.6 is 0 Å². The lowest BCUT2D eigenvalue weighted by Crippen LogP contribution is -2.29. The van der Waals surface area contributed by atoms with Gasteiger partial charge in [0, 0.05) is 13.3 Å². The average Bonchev–Trinajstić information content (AvgIpc) is 2.11. The van der Waals surface area contributed by atoms with Crippen molar-refractivity contribution < 1.29 is 27.7 Å². The number of esters is 2. The van der Waals surface area contributed by atoms with Gasteiger partial charge in [-0.25, -0.2) is 0 Å². The van der Waals surface area contributed by atoms with Crippen molar-refractivity contribution in [2.45, 2.75) is 32.7 Å². The van der Waals surface area contributed by atoms with Gasteiger partial charge in [-0.05, 0) is 13.3 Å². The molecule has 0 amide bonds. The standard InChI is InChI=1S/C8H13BF2O4/c1-3-14-8(13)5-4-7(9(10)11)15-6(2)12/h7H,3-5H2,1-2H3. The molecule has 0 spiro atoms. The third-order valence-corrected chi connectivity index (χ3v) is 1.54. The van der Waals surface area contributed by atoms with Crippen molar-refractivity contribution in [2.24, 2.45) is 0 Å². The van der Waals surface area contributed by atoms with Crippen molar-refractivity contribution in [3.63, 3.8) is 0 Å². The molecule has 0 heterocycles. The molecule has 0 aromatic heterocycles. The summed E-state index contributed by atoms with van der Waals surface area (Å²) >= 11 is 0. The maximum Gasteiger partial charge on any atom is 0.578 e. The summed E-state index contributed by atoms with van der Waals surface area (Å²) in [5.74, 6) is -1.36. The molecule has 0 N–H and O–H groups in total. The largest absolute Gasteiger partial charge is 0.578 e. The Morgan fingerprint density at radius 2 is 2.00 bits per heavy atom. The second-order valence-electron chi connectivity index (χ2n) is 2.83. The molecule has 0 aliphatic carbocycles. The van der Waals surface area contributed by atoms with Gasteiger partial charge in [0.1, 0.15) is 6.00 Å². The molecular formula is C8H13BF2O4. The van der Waals surface area contributed by atoms with E-state index < -0.39 is 25.2 Å². The number of rotatable bonds is 6. The Labute approximate surface area is 87.1 Å². The topological polar surface area (TPSA) is 52.6 Å². The Bertz CT molecular complexity index is 223. The van der Waals surface area contributed by atoms with Crippen molar-refractivity contribution in [1.82, 2.24) is 0 Å². The first-order valence-corrected chi connectivity index (χ1v) is 4.58. The van der Waals surface area contributed by atoms with E-state index in [2.05, 4.69) is 9.47 Å². The van der Waals surface area contributed by atoms with Gasteiger partial charge in [0.2, 0.25) is 0 Å². The fourth-order valence-electron chi connectivity index (χ4n) is 0.943. The van der Waals surface area contributed by atoms with Crippen molar-refractivity contribution in [2.75, 3.05) is 6.61 Å². The second kappa shape index (κ2) is 7.20. The smallest absolute Gasteiger partial charge is 0.466 e. The zero-order valence-corrected chi connectivity index (χ0v) is 8.66. The van der Waals surface area contributed by atoms with E-state index in [0.29, 0.717) is 0 Å². The van der Waals surface area contributed by atoms with Crippen LogP contribution in [0.25, 0.3) is 0 Å². The zero-order valence-electron chi connectivity index (χ0n) is 8.66. The van der Waals surface area contributed by atoms with Crippen LogP contribution < -0.4 is 0 Å². The first-order valence-electron chi connectivity index (χ1n) is 4.58. The van der Waals surface area contributed by atoms with Crippen molar-refractivity contribution >= 4 is 19.2 Å². The van der Waals surface area contributed by atoms with E-state index in [0.717, 1.165) is 6.92 Å². The number of halogens is 2. The summed E-state index contributed by atoms with van der Waals surface area (Å²) in [7, 11) is -2.79. The highest BCUT2D eigenvalue weighted by Crippen LogP contribution is 2.10. The first kappa shape index (κ1) is 13.9. The normalized spacial score (nSPS) is 11.7. The van der Waals surface area contributed by atoms with E-state index in [1.54, 1.807) is 6.92 Å². The quantitative estimate of drug-likeness (QED) is 0.500. The predicted octanol–water partition coefficient (Wildman–Crippen LogP) is 1.23. The van der Waals surface area contributed by atoms with E-state index in [-0.39, 0.29) is 19.4 Å². The fraction of sp³-hybridized carbons (Fsp3) is 0.750. The Hall–Kier alpha value is -1.14. The molecular weight excluding hydrogens is 209 g/mol. The van der Waals surface area contributed by atoms with E-state index in [9.17, 15) is 18.2 Å². The Kier molecular flexibility index (Phi) is 6.65. The van der Waals surface area contributed by atoms with Crippen LogP contribution in [0.4, 0.5) is 8.63 Å². The predicted molar refractivity (Wildman–Crippen MR) is 49.4 cm³/mol. The molecule has 1 unspecified atom stereocenters. The summed E-state index contributed by atoms with van der Waals surface area (Å²) in [4.78, 5) is 21.3. The van der Waals surface area contributed by atoms with Crippen LogP contribution in [0.5, 0.6) is 0 Å². The van der Waals surface area contributed by atoms with E-state index >= 15 is 0 Å². The molecule has 0 radical (unpaired) electrons. The molecule has 0 rings (SSSR count). The molecule has 0 fully saturated rings. The van der Waals surface area contributed by atoms with Gasteiger partial charge in [-0.1, -0.05) is 0 Å². The van der Waals surface area contributed by atoms with E-state index in [4.69, 9.17) is 0 Å². The lowest BCUT2D eigenvalue weighted by Gasteiger charge is -2.12. The summed E-state index contributed by atoms with van der Waals surface area (Å²) < 4.78 is 33.4. The maximum atomic E-state index is 12.3. The fourth-order valence-corrected chi connectivity index (χ4v) is 0.943. The molecule has 0 saturated carbocycles. The van der Waals surface area contributed by atoms with Crippen molar-refractivity contribution in [1.29, 1.82) is 0 Å². The van der Waals surface area contributed by atoms with Gasteiger partial charge in [-0.3, -0.25) is 18.2 Å². The van der Waals surface area contributed by atoms with Gasteiger partial charge >= 0.3 is 19.2 Å². The Morgan fingerprint density at radius 1 is 1.40 bits per heavy atom. The van der Waals surface area contributed by atoms with Crippen LogP contribution in [-0.2, 0) is 19.1 Å². The van der Waals surface area contributed by atoms with Gasteiger partial charge in [-0.2, -0.15) is 0 Å². The van der Waals surface area contributed by atoms with Crippen molar-refractivity contribution in [3.8, 4) is 0 Å². The number of ether oxygens (including phenoxy) is 2. The number of hydrogen-bond acceptors (Lipinski definition) is 4. The van der Waals surface area contributed by atoms with Crippen LogP contribution in [0.3, 0.4) is 0 Å². The van der Waals surface area contributed by atoms with Gasteiger partial charge in [-0.15, -0.1) is 0 Å². The number of hydrogen-bond donors (Lipinski definition) is 0. The third-order valence-electron chi connectivity index (χ3n) is 1.54. The van der Waals surface area contributed by atoms with Gasteiger partial charge < -0.3 is 9.47 Å². The lowest BCUT2D eigenvalue weighted by molar-refractivity contribution is -0.148. The summed E-state index contributed by atoms with van der Waals surface area (Å²) in [5.41, 5.74) is 0. The van der Waals surface area contributed by atoms with Crippen LogP contribution in [0.1, 0.15) is 26.7 Å². The first-order chi connectivity index (χ1) is 6.97. The minimum absolute atomic E-state index is 0.184. The minimum atomic E-state index is -2.79. The van der Waals surface area contributed by atoms with Gasteiger partial charge in [0.15, 0.2) is 0 Å². The maximum absolute atomic E-state index is 12.3. The highest BCUT2D eigenvalue weighted by Gasteiger charge is 2.31. The molecule has 0 aromatic carbocycles. The van der Waals surface area contributed by atoms with Crippen LogP contribution in [-0.4, -0.2) is 31.8 Å². The van der Waals surface area contributed by atoms with Crippen molar-refractivity contribution in [3.05, 3.63) is 0 Å². The second-order valence-corrected chi connectivity index (χ2v) is 2.83. The molecule has 0 bridgehead atoms. The van der Waals surface area contributed by atoms with Crippen LogP contribution in [0.15, 0.2) is 0 Å². The minimum Gasteiger partial charge on any atom is -0.466 e. The van der Waals surface area contributed by atoms with E-state index in [1.807, 2.05) is 0 Å². The SMILES string of the molecule is CCOC(=O)CCC(OC(C)=O)B(F)F.